The van der Waals surface area contributed by atoms with Gasteiger partial charge in [0.1, 0.15) is 12.7 Å². The van der Waals surface area contributed by atoms with Gasteiger partial charge in [-0.2, -0.15) is 0 Å². The van der Waals surface area contributed by atoms with E-state index >= 15 is 4.79 Å². The lowest BCUT2D eigenvalue weighted by atomic mass is 9.33. The van der Waals surface area contributed by atoms with Crippen LogP contribution in [-0.2, 0) is 100.0 Å². The number of hydrogen-bond donors (Lipinski definition) is 0. The summed E-state index contributed by atoms with van der Waals surface area (Å²) in [7, 11) is 1.14. The lowest BCUT2D eigenvalue weighted by molar-refractivity contribution is -0.327. The number of fused-ring (bicyclic) bond motifs is 7. The summed E-state index contributed by atoms with van der Waals surface area (Å²) in [6, 6.07) is 0. The van der Waals surface area contributed by atoms with Crippen LogP contribution in [0.25, 0.3) is 0 Å². The smallest absolute Gasteiger partial charge is 0.339 e. The topological polar surface area (TPSA) is 264 Å². The molecule has 18 atom stereocenters. The summed E-state index contributed by atoms with van der Waals surface area (Å²) in [5, 5.41) is 0. The fraction of sp³-hybridized carbons (Fsp3) is 0.807. The lowest BCUT2D eigenvalue weighted by Crippen LogP contribution is -2.67. The molecular weight excluding hydrogens is 1020 g/mol. The molecule has 18 unspecified atom stereocenters. The first-order valence-corrected chi connectivity index (χ1v) is 27.4. The fourth-order valence-corrected chi connectivity index (χ4v) is 15.7. The molecule has 0 amide bonds. The first kappa shape index (κ1) is 60.5. The Labute approximate surface area is 456 Å². The van der Waals surface area contributed by atoms with Crippen LogP contribution < -0.4 is 0 Å². The van der Waals surface area contributed by atoms with Crippen molar-refractivity contribution in [1.29, 1.82) is 0 Å². The SMILES string of the molecule is COC(=O)C1OC(OC2CCC3(C)C(CCC4(C)C3CC=C3C5CC(C)(C)CCC5(C(=O)OC5OC(COC(C)=O)C(OC(C)=O)C(OC(C)=O)C5OC(C)=O)CCC34C)C2(C)C)C(OC(C)=O)C(OC(C)=O)C1OC(C)=O. The van der Waals surface area contributed by atoms with Crippen LogP contribution in [0.15, 0.2) is 11.6 Å². The molecule has 21 nitrogen and oxygen atoms in total. The molecule has 0 aromatic heterocycles. The predicted molar refractivity (Wildman–Crippen MR) is 269 cm³/mol. The number of hydrogen-bond acceptors (Lipinski definition) is 21. The molecule has 0 bridgehead atoms. The Bertz CT molecular complexity index is 2410. The van der Waals surface area contributed by atoms with Gasteiger partial charge in [-0.15, -0.1) is 0 Å². The summed E-state index contributed by atoms with van der Waals surface area (Å²) >= 11 is 0. The second-order valence-electron chi connectivity index (χ2n) is 25.0. The molecule has 0 spiro atoms. The maximum Gasteiger partial charge on any atom is 0.339 e. The third-order valence-electron chi connectivity index (χ3n) is 19.3. The van der Waals surface area contributed by atoms with Crippen molar-refractivity contribution in [2.45, 2.75) is 229 Å². The third-order valence-corrected chi connectivity index (χ3v) is 19.3. The van der Waals surface area contributed by atoms with E-state index in [2.05, 4.69) is 54.5 Å². The van der Waals surface area contributed by atoms with Gasteiger partial charge in [-0.1, -0.05) is 60.1 Å². The minimum Gasteiger partial charge on any atom is -0.467 e. The van der Waals surface area contributed by atoms with E-state index in [1.54, 1.807) is 0 Å². The number of methoxy groups -OCH3 is 1. The molecule has 2 saturated heterocycles. The average Bonchev–Trinajstić information content (AvgIpc) is 3.49. The second kappa shape index (κ2) is 22.4. The summed E-state index contributed by atoms with van der Waals surface area (Å²) in [5.41, 5.74) is -1.34. The number of ether oxygens (including phenoxy) is 12. The van der Waals surface area contributed by atoms with E-state index < -0.39 is 139 Å². The van der Waals surface area contributed by atoms with Crippen molar-refractivity contribution in [2.75, 3.05) is 13.7 Å². The predicted octanol–water partition coefficient (Wildman–Crippen LogP) is 6.49. The van der Waals surface area contributed by atoms with Crippen LogP contribution in [0.2, 0.25) is 0 Å². The van der Waals surface area contributed by atoms with Crippen LogP contribution in [0, 0.1) is 50.2 Å². The summed E-state index contributed by atoms with van der Waals surface area (Å²) in [6.07, 6.45) is -6.30. The number of esters is 9. The van der Waals surface area contributed by atoms with Gasteiger partial charge >= 0.3 is 53.7 Å². The Morgan fingerprint density at radius 3 is 1.64 bits per heavy atom. The highest BCUT2D eigenvalue weighted by molar-refractivity contribution is 5.79. The van der Waals surface area contributed by atoms with Gasteiger partial charge in [-0.25, -0.2) is 4.79 Å². The molecule has 7 aliphatic rings. The zero-order valence-corrected chi connectivity index (χ0v) is 48.0. The molecule has 7 rings (SSSR count). The van der Waals surface area contributed by atoms with Crippen LogP contribution in [0.1, 0.15) is 161 Å². The maximum atomic E-state index is 15.5. The highest BCUT2D eigenvalue weighted by Gasteiger charge is 2.70. The van der Waals surface area contributed by atoms with Crippen LogP contribution in [0.5, 0.6) is 0 Å². The molecule has 0 N–H and O–H groups in total. The van der Waals surface area contributed by atoms with E-state index in [9.17, 15) is 38.4 Å². The molecule has 21 heteroatoms. The van der Waals surface area contributed by atoms with Gasteiger partial charge in [0.15, 0.2) is 42.9 Å². The average molecular weight is 1100 g/mol. The minimum absolute atomic E-state index is 0.0958. The van der Waals surface area contributed by atoms with Gasteiger partial charge in [0.25, 0.3) is 0 Å². The number of allylic oxidation sites excluding steroid dienone is 2. The van der Waals surface area contributed by atoms with E-state index in [1.165, 1.54) is 19.4 Å². The largest absolute Gasteiger partial charge is 0.467 e. The van der Waals surface area contributed by atoms with Crippen LogP contribution in [0.3, 0.4) is 0 Å². The molecule has 78 heavy (non-hydrogen) atoms. The highest BCUT2D eigenvalue weighted by Crippen LogP contribution is 2.76. The standard InChI is InChI=1S/C57H82O21/c1-28(58)68-27-37-41(69-29(2)59)42(70-30(3)60)46(73-33(6)63)49(75-37)78-51(66)57-24-22-52(8,9)26-36(57)35-16-17-39-54(12)20-19-40(53(10,11)38(54)18-21-56(39,14)55(35,13)23-25-57)76-50-47(74-34(7)64)44(72-32(5)62)43(71-31(4)61)45(77-50)48(65)67-15/h16,36-47,49-50H,17-27H2,1-15H3. The summed E-state index contributed by atoms with van der Waals surface area (Å²) in [5.74, 6) is -6.84. The van der Waals surface area contributed by atoms with Crippen molar-refractivity contribution < 1.29 is 100.0 Å². The van der Waals surface area contributed by atoms with Crippen molar-refractivity contribution in [3.05, 3.63) is 11.6 Å². The molecule has 5 aliphatic carbocycles. The fourth-order valence-electron chi connectivity index (χ4n) is 15.7. The van der Waals surface area contributed by atoms with Crippen molar-refractivity contribution in [1.82, 2.24) is 0 Å². The van der Waals surface area contributed by atoms with Gasteiger partial charge in [-0.05, 0) is 109 Å². The molecule has 4 saturated carbocycles. The van der Waals surface area contributed by atoms with Crippen LogP contribution >= 0.6 is 0 Å². The van der Waals surface area contributed by atoms with Crippen molar-refractivity contribution in [3.63, 3.8) is 0 Å². The van der Waals surface area contributed by atoms with Gasteiger partial charge in [-0.3, -0.25) is 38.4 Å². The van der Waals surface area contributed by atoms with Gasteiger partial charge < -0.3 is 56.8 Å². The summed E-state index contributed by atoms with van der Waals surface area (Å²) in [6.45, 7) is 23.5. The minimum atomic E-state index is -1.66. The van der Waals surface area contributed by atoms with Gasteiger partial charge in [0.05, 0.1) is 18.6 Å². The molecule has 0 aromatic rings. The number of carbonyl (C=O) groups excluding carboxylic acids is 9. The normalized spacial score (nSPS) is 40.2. The number of rotatable bonds is 13. The van der Waals surface area contributed by atoms with Crippen molar-refractivity contribution >= 4 is 53.7 Å². The van der Waals surface area contributed by atoms with E-state index in [0.717, 1.165) is 67.4 Å². The summed E-state index contributed by atoms with van der Waals surface area (Å²) < 4.78 is 70.0. The molecule has 6 fully saturated rings. The quantitative estimate of drug-likeness (QED) is 0.0825. The Kier molecular flexibility index (Phi) is 17.4. The first-order chi connectivity index (χ1) is 36.2. The van der Waals surface area contributed by atoms with E-state index in [1.807, 2.05) is 0 Å². The molecular formula is C57H82O21. The zero-order chi connectivity index (χ0) is 57.8. The monoisotopic (exact) mass is 1100 g/mol. The van der Waals surface area contributed by atoms with E-state index in [0.29, 0.717) is 38.5 Å². The van der Waals surface area contributed by atoms with Crippen LogP contribution in [0.4, 0.5) is 0 Å². The molecule has 436 valence electrons. The van der Waals surface area contributed by atoms with Crippen molar-refractivity contribution in [2.24, 2.45) is 50.2 Å². The summed E-state index contributed by atoms with van der Waals surface area (Å²) in [4.78, 5) is 116. The Hall–Kier alpha value is -5.15. The molecule has 0 radical (unpaired) electrons. The first-order valence-electron chi connectivity index (χ1n) is 27.4. The van der Waals surface area contributed by atoms with E-state index in [4.69, 9.17) is 56.8 Å². The third kappa shape index (κ3) is 11.3. The second-order valence-corrected chi connectivity index (χ2v) is 25.0. The molecule has 0 aromatic carbocycles. The van der Waals surface area contributed by atoms with Gasteiger partial charge in [0, 0.05) is 48.5 Å². The van der Waals surface area contributed by atoms with Crippen LogP contribution in [-0.4, -0.2) is 135 Å². The van der Waals surface area contributed by atoms with Crippen molar-refractivity contribution in [3.8, 4) is 0 Å². The molecule has 2 aliphatic heterocycles. The zero-order valence-electron chi connectivity index (χ0n) is 48.0. The Balaban J connectivity index is 1.19. The lowest BCUT2D eigenvalue weighted by Gasteiger charge is -2.71. The molecule has 2 heterocycles. The Morgan fingerprint density at radius 1 is 0.551 bits per heavy atom. The highest BCUT2D eigenvalue weighted by atomic mass is 16.8. The maximum absolute atomic E-state index is 15.5. The van der Waals surface area contributed by atoms with E-state index in [-0.39, 0.29) is 39.4 Å². The van der Waals surface area contributed by atoms with Gasteiger partial charge in [0.2, 0.25) is 12.4 Å². The Morgan fingerprint density at radius 2 is 1.08 bits per heavy atom. The number of carbonyl (C=O) groups is 9.